The molecule has 133 heavy (non-hydrogen) atoms. The number of phenolic OH excluding ortho intramolecular Hbond substituents is 1. The van der Waals surface area contributed by atoms with E-state index >= 15 is 0 Å². The van der Waals surface area contributed by atoms with Crippen LogP contribution < -0.4 is 131 Å². The van der Waals surface area contributed by atoms with Gasteiger partial charge in [0, 0.05) is 70.0 Å². The number of aryl methyl sites for hydroxylation is 8. The molecule has 0 bridgehead atoms. The normalized spacial score (nSPS) is 12.5. The molecule has 20 rings (SSSR count). The number of aromatic nitrogens is 4. The molecule has 4 aromatic heterocycles. The Balaban J connectivity index is 0.000000196. The van der Waals surface area contributed by atoms with Crippen molar-refractivity contribution in [2.75, 3.05) is 26.9 Å². The number of fused-ring (bicyclic) bond motifs is 20. The molecule has 0 unspecified atom stereocenters. The average molecular weight is 1860 g/mol. The monoisotopic (exact) mass is 1860 g/mol. The molecule has 672 valence electrons. The van der Waals surface area contributed by atoms with Gasteiger partial charge in [-0.3, -0.25) is 19.2 Å². The van der Waals surface area contributed by atoms with E-state index in [2.05, 4.69) is 66.8 Å². The number of carboxylic acid groups (broad SMARTS) is 2. The maximum absolute atomic E-state index is 12.4. The van der Waals surface area contributed by atoms with Gasteiger partial charge in [0.2, 0.25) is 23.6 Å². The predicted molar refractivity (Wildman–Crippen MR) is 508 cm³/mol. The zero-order valence-corrected chi connectivity index (χ0v) is 81.8. The van der Waals surface area contributed by atoms with Gasteiger partial charge >= 0.3 is 101 Å². The van der Waals surface area contributed by atoms with Crippen LogP contribution in [0.3, 0.4) is 0 Å². The maximum atomic E-state index is 12.4. The summed E-state index contributed by atoms with van der Waals surface area (Å²) in [6, 6.07) is 70.9. The van der Waals surface area contributed by atoms with E-state index in [-0.39, 0.29) is 144 Å². The minimum Gasteiger partial charge on any atom is -0.870 e. The van der Waals surface area contributed by atoms with Crippen molar-refractivity contribution in [3.63, 3.8) is 0 Å². The Morgan fingerprint density at radius 3 is 0.850 bits per heavy atom. The molecule has 0 aliphatic heterocycles. The number of rotatable bonds is 21. The van der Waals surface area contributed by atoms with Gasteiger partial charge < -0.3 is 91.2 Å². The van der Waals surface area contributed by atoms with Crippen LogP contribution in [-0.2, 0) is 96.7 Å². The Morgan fingerprint density at radius 1 is 0.338 bits per heavy atom. The Kier molecular flexibility index (Phi) is 37.0. The third-order valence-electron chi connectivity index (χ3n) is 24.8. The van der Waals surface area contributed by atoms with Crippen molar-refractivity contribution in [2.24, 2.45) is 22.9 Å². The number of hydrogen-bond acceptors (Lipinski definition) is 15. The van der Waals surface area contributed by atoms with Crippen molar-refractivity contribution in [2.45, 2.75) is 136 Å². The molecule has 0 saturated heterocycles. The van der Waals surface area contributed by atoms with Crippen LogP contribution in [0.25, 0.3) is 87.2 Å². The van der Waals surface area contributed by atoms with Gasteiger partial charge in [-0.1, -0.05) is 153 Å². The number of benzene rings is 12. The molecule has 29 heteroatoms. The number of carbonyl (C=O) groups excluding carboxylic acids is 6. The van der Waals surface area contributed by atoms with E-state index in [0.29, 0.717) is 71.1 Å². The number of primary amides is 4. The molecule has 0 radical (unpaired) electrons. The number of hydrogen-bond donors (Lipinski definition) is 6. The average Bonchev–Trinajstić information content (AvgIpc) is 1.58. The largest absolute Gasteiger partial charge is 1.00 e. The summed E-state index contributed by atoms with van der Waals surface area (Å²) in [5, 5.41) is 37.4. The Hall–Kier alpha value is -11.2. The molecule has 4 aliphatic carbocycles. The summed E-state index contributed by atoms with van der Waals surface area (Å²) in [5.74, 6) is -3.03. The molecule has 0 saturated carbocycles. The number of ether oxygens (including phenoxy) is 4. The molecule has 0 spiro atoms. The van der Waals surface area contributed by atoms with Crippen molar-refractivity contribution < 1.29 is 167 Å². The fourth-order valence-electron chi connectivity index (χ4n) is 19.5. The zero-order valence-electron chi connectivity index (χ0n) is 74.2. The Labute approximate surface area is 847 Å². The molecule has 0 fully saturated rings. The van der Waals surface area contributed by atoms with E-state index in [1.807, 2.05) is 146 Å². The van der Waals surface area contributed by atoms with Gasteiger partial charge in [-0.25, -0.2) is 9.59 Å². The summed E-state index contributed by atoms with van der Waals surface area (Å²) in [4.78, 5) is 83.6. The van der Waals surface area contributed by atoms with E-state index in [1.165, 1.54) is 51.6 Å². The number of amides is 4. The molecule has 4 aliphatic rings. The van der Waals surface area contributed by atoms with Gasteiger partial charge in [0.05, 0.1) is 78.8 Å². The van der Waals surface area contributed by atoms with Crippen LogP contribution >= 0.6 is 24.8 Å². The van der Waals surface area contributed by atoms with Crippen LogP contribution in [0, 0.1) is 0 Å². The van der Waals surface area contributed by atoms with Crippen molar-refractivity contribution in [1.29, 1.82) is 0 Å². The summed E-state index contributed by atoms with van der Waals surface area (Å²) < 4.78 is 31.3. The third-order valence-corrected chi connectivity index (χ3v) is 24.8. The number of methoxy groups -OCH3 is 1. The minimum absolute atomic E-state index is 0. The van der Waals surface area contributed by atoms with E-state index in [9.17, 15) is 48.9 Å². The molecular weight excluding hydrogens is 1760 g/mol. The summed E-state index contributed by atoms with van der Waals surface area (Å²) in [6.07, 6.45) is 16.4. The summed E-state index contributed by atoms with van der Waals surface area (Å²) >= 11 is 0. The number of carboxylic acids is 2. The first-order chi connectivity index (χ1) is 60.8. The van der Waals surface area contributed by atoms with Gasteiger partial charge in [-0.2, -0.15) is 0 Å². The second-order valence-electron chi connectivity index (χ2n) is 32.5. The van der Waals surface area contributed by atoms with Crippen LogP contribution in [0.4, 0.5) is 0 Å². The maximum Gasteiger partial charge on any atom is 1.00 e. The molecule has 0 atom stereocenters. The van der Waals surface area contributed by atoms with Crippen LogP contribution in [0.1, 0.15) is 167 Å². The van der Waals surface area contributed by atoms with Crippen molar-refractivity contribution in [3.05, 3.63) is 307 Å². The fourth-order valence-corrected chi connectivity index (χ4v) is 19.5. The van der Waals surface area contributed by atoms with Crippen LogP contribution in [-0.4, -0.2) is 108 Å². The number of nitrogens with two attached hydrogens (primary N) is 4. The molecule has 4 amide bonds. The van der Waals surface area contributed by atoms with Gasteiger partial charge in [0.15, 0.2) is 13.2 Å². The third kappa shape index (κ3) is 21.5. The Morgan fingerprint density at radius 2 is 0.586 bits per heavy atom. The van der Waals surface area contributed by atoms with E-state index in [4.69, 9.17) is 41.9 Å². The first-order valence-electron chi connectivity index (χ1n) is 42.6. The van der Waals surface area contributed by atoms with E-state index in [1.54, 1.807) is 24.3 Å². The molecular formula is C104H103Cl2N8Na3O16. The SMILES string of the molecule is C.COC(=O)COc1cc2c(c3c1c1c(C(N)=O)cccc1n3Cc1ccccc1)CCCC2.Cl.Cl.NC(=O)c1cccc2c1c1c(O)cc3c(c1n2Cc1ccccc1)CCCC3.NC(=O)c1cccc2c1c1c(OCC(=O)O)cc3c(c1n2Cc1ccccc1)CCCC3.NC(=O)c1cccc2c1c1c(OCC(=O)[O-])cc3c(c1n2Cc1ccccc1)CCCC3.[Na+].[Na+].[Na+].[OH-].[OH-]. The smallest absolute Gasteiger partial charge is 0.870 e. The topological polar surface area (TPSA) is 404 Å². The standard InChI is InChI=1S/C27H26N2O4.2C26H24N2O4.C24H22N2O2.CH4.2ClH.3Na.2H2O/c1-32-23(30)16-33-22-14-18-10-5-6-11-19(18)26-25(22)24-20(27(28)31)12-7-13-21(24)29(26)15-17-8-3-2-4-9-17;2*27-26(31)19-11-6-12-20-23(19)24-21(32-15-22(29)30)13-17-9-4-5-10-18(17)25(24)28(20)14-16-7-2-1-3-8-16;25-24(28)18-11-6-12-19-21(18)22-20(27)13-16-9-4-5-10-17(16)23(22)26(19)14-15-7-2-1-3-8-15;;;;;;;;/h2-4,7-9,12-14H,5-6,10-11,15-16H2,1H3,(H2,28,31);2*1-3,6-8,11-13H,4-5,9-10,14-15H2,(H2,27,31)(H,29,30);1-3,6-8,11-13,27H,4-5,9-10,14H2,(H2,25,28);1H4;2*1H;;;;2*1H2/q;;;;;;;3*+1;;/p-3. The number of carbonyl (C=O) groups is 7. The second kappa shape index (κ2) is 46.7. The fraction of sp³-hybridized carbons (Fsp3) is 0.240. The zero-order chi connectivity index (χ0) is 86.7. The van der Waals surface area contributed by atoms with Gasteiger partial charge in [0.25, 0.3) is 0 Å². The summed E-state index contributed by atoms with van der Waals surface area (Å²) in [6.45, 7) is 1.36. The summed E-state index contributed by atoms with van der Waals surface area (Å²) in [7, 11) is 1.34. The molecule has 12 aromatic carbocycles. The predicted octanol–water partition coefficient (Wildman–Crippen LogP) is 8.27. The molecule has 12 N–H and O–H groups in total. The van der Waals surface area contributed by atoms with E-state index in [0.717, 1.165) is 207 Å². The molecule has 4 heterocycles. The molecule has 24 nitrogen and oxygen atoms in total. The quantitative estimate of drug-likeness (QED) is 0.0291. The minimum atomic E-state index is -1.29. The first kappa shape index (κ1) is 106. The summed E-state index contributed by atoms with van der Waals surface area (Å²) in [5.41, 5.74) is 46.9. The van der Waals surface area contributed by atoms with Gasteiger partial charge in [0.1, 0.15) is 29.6 Å². The van der Waals surface area contributed by atoms with Crippen LogP contribution in [0.5, 0.6) is 23.0 Å². The van der Waals surface area contributed by atoms with Crippen molar-refractivity contribution >= 4 is 154 Å². The van der Waals surface area contributed by atoms with Crippen LogP contribution in [0.2, 0.25) is 0 Å². The number of nitrogens with zero attached hydrogens (tertiary/aromatic N) is 4. The number of esters is 1. The van der Waals surface area contributed by atoms with Gasteiger partial charge in [-0.15, -0.1) is 24.8 Å². The van der Waals surface area contributed by atoms with Crippen molar-refractivity contribution in [3.8, 4) is 23.0 Å². The van der Waals surface area contributed by atoms with Crippen LogP contribution in [0.15, 0.2) is 218 Å². The number of aliphatic carboxylic acids is 2. The van der Waals surface area contributed by atoms with Gasteiger partial charge in [-0.05, 0) is 242 Å². The Bertz CT molecular complexity index is 6800. The van der Waals surface area contributed by atoms with E-state index < -0.39 is 54.8 Å². The number of aromatic hydroxyl groups is 1. The first-order valence-corrected chi connectivity index (χ1v) is 42.6. The number of halogens is 2. The van der Waals surface area contributed by atoms with Crippen molar-refractivity contribution in [1.82, 2.24) is 18.3 Å². The molecule has 16 aromatic rings. The number of phenols is 1. The second-order valence-corrected chi connectivity index (χ2v) is 32.5.